The highest BCUT2D eigenvalue weighted by Crippen LogP contribution is 2.22. The summed E-state index contributed by atoms with van der Waals surface area (Å²) in [5.41, 5.74) is 0.891. The quantitative estimate of drug-likeness (QED) is 0.478. The van der Waals surface area contributed by atoms with Crippen molar-refractivity contribution in [3.63, 3.8) is 0 Å². The molecule has 32 heavy (non-hydrogen) atoms. The number of carbonyl (C=O) groups is 2. The highest BCUT2D eigenvalue weighted by atomic mass is 35.5. The van der Waals surface area contributed by atoms with Gasteiger partial charge in [0, 0.05) is 18.3 Å². The fourth-order valence-corrected chi connectivity index (χ4v) is 3.72. The van der Waals surface area contributed by atoms with E-state index in [1.165, 1.54) is 30.0 Å². The van der Waals surface area contributed by atoms with Crippen molar-refractivity contribution in [1.29, 1.82) is 0 Å². The molecular weight excluding hydrogens is 457 g/mol. The van der Waals surface area contributed by atoms with E-state index >= 15 is 0 Å². The normalized spacial score (nSPS) is 11.7. The van der Waals surface area contributed by atoms with Gasteiger partial charge >= 0.3 is 0 Å². The molecule has 0 bridgehead atoms. The topological polar surface area (TPSA) is 98.1 Å². The van der Waals surface area contributed by atoms with Crippen LogP contribution in [-0.4, -0.2) is 39.4 Å². The molecule has 0 radical (unpaired) electrons. The molecule has 2 N–H and O–H groups in total. The number of amides is 2. The van der Waals surface area contributed by atoms with E-state index in [2.05, 4.69) is 20.8 Å². The van der Waals surface area contributed by atoms with E-state index in [-0.39, 0.29) is 22.6 Å². The standard InChI is InChI=1S/C21H21ClFN5O3S/c1-12(24-20(30)13-4-7-15(31-3)8-5-13)19-26-27-21(28(19)2)32-11-18(29)25-14-6-9-17(23)16(22)10-14/h4-10,12H,11H2,1-3H3,(H,24,30)(H,25,29)/t12-/m0/s1. The first-order chi connectivity index (χ1) is 15.3. The van der Waals surface area contributed by atoms with E-state index < -0.39 is 11.9 Å². The van der Waals surface area contributed by atoms with Crippen molar-refractivity contribution in [1.82, 2.24) is 20.1 Å². The Kier molecular flexibility index (Phi) is 7.70. The first-order valence-corrected chi connectivity index (χ1v) is 10.9. The van der Waals surface area contributed by atoms with Gasteiger partial charge in [0.05, 0.1) is 23.9 Å². The van der Waals surface area contributed by atoms with Gasteiger partial charge in [-0.15, -0.1) is 10.2 Å². The summed E-state index contributed by atoms with van der Waals surface area (Å²) in [6.07, 6.45) is 0. The molecule has 0 unspecified atom stereocenters. The summed E-state index contributed by atoms with van der Waals surface area (Å²) < 4.78 is 20.0. The van der Waals surface area contributed by atoms with Gasteiger partial charge < -0.3 is 19.9 Å². The van der Waals surface area contributed by atoms with E-state index in [0.717, 1.165) is 0 Å². The van der Waals surface area contributed by atoms with Crippen LogP contribution in [-0.2, 0) is 11.8 Å². The number of benzene rings is 2. The maximum Gasteiger partial charge on any atom is 0.251 e. The molecule has 1 heterocycles. The van der Waals surface area contributed by atoms with Gasteiger partial charge in [0.25, 0.3) is 5.91 Å². The summed E-state index contributed by atoms with van der Waals surface area (Å²) in [7, 11) is 3.31. The van der Waals surface area contributed by atoms with Crippen LogP contribution in [0.25, 0.3) is 0 Å². The van der Waals surface area contributed by atoms with Gasteiger partial charge in [0.15, 0.2) is 11.0 Å². The fourth-order valence-electron chi connectivity index (χ4n) is 2.82. The van der Waals surface area contributed by atoms with Gasteiger partial charge in [0.2, 0.25) is 5.91 Å². The van der Waals surface area contributed by atoms with Crippen LogP contribution in [0.15, 0.2) is 47.6 Å². The Morgan fingerprint density at radius 2 is 1.94 bits per heavy atom. The Morgan fingerprint density at radius 3 is 2.59 bits per heavy atom. The number of nitrogens with one attached hydrogen (secondary N) is 2. The summed E-state index contributed by atoms with van der Waals surface area (Å²) in [6, 6.07) is 10.3. The van der Waals surface area contributed by atoms with Crippen molar-refractivity contribution in [3.05, 3.63) is 64.7 Å². The van der Waals surface area contributed by atoms with Gasteiger partial charge in [-0.1, -0.05) is 23.4 Å². The second-order valence-corrected chi connectivity index (χ2v) is 8.14. The lowest BCUT2D eigenvalue weighted by molar-refractivity contribution is -0.113. The number of rotatable bonds is 8. The number of carbonyl (C=O) groups excluding carboxylic acids is 2. The van der Waals surface area contributed by atoms with Crippen LogP contribution in [0.1, 0.15) is 29.1 Å². The van der Waals surface area contributed by atoms with Crippen molar-refractivity contribution in [2.45, 2.75) is 18.1 Å². The SMILES string of the molecule is COc1ccc(C(=O)N[C@@H](C)c2nnc(SCC(=O)Nc3ccc(F)c(Cl)c3)n2C)cc1. The Bertz CT molecular complexity index is 1120. The van der Waals surface area contributed by atoms with Crippen LogP contribution in [0.2, 0.25) is 5.02 Å². The molecule has 3 aromatic rings. The largest absolute Gasteiger partial charge is 0.497 e. The summed E-state index contributed by atoms with van der Waals surface area (Å²) >= 11 is 6.91. The number of hydrogen-bond donors (Lipinski definition) is 2. The van der Waals surface area contributed by atoms with Gasteiger partial charge in [0.1, 0.15) is 11.6 Å². The molecule has 0 aliphatic heterocycles. The van der Waals surface area contributed by atoms with Crippen molar-refractivity contribution in [3.8, 4) is 5.75 Å². The Balaban J connectivity index is 1.57. The van der Waals surface area contributed by atoms with Crippen LogP contribution in [0.5, 0.6) is 5.75 Å². The Morgan fingerprint density at radius 1 is 1.22 bits per heavy atom. The lowest BCUT2D eigenvalue weighted by atomic mass is 10.2. The zero-order valence-corrected chi connectivity index (χ0v) is 19.1. The van der Waals surface area contributed by atoms with Crippen molar-refractivity contribution in [2.75, 3.05) is 18.2 Å². The zero-order chi connectivity index (χ0) is 23.3. The van der Waals surface area contributed by atoms with Crippen LogP contribution >= 0.6 is 23.4 Å². The number of anilines is 1. The van der Waals surface area contributed by atoms with Gasteiger partial charge in [-0.3, -0.25) is 9.59 Å². The summed E-state index contributed by atoms with van der Waals surface area (Å²) in [4.78, 5) is 24.7. The highest BCUT2D eigenvalue weighted by Gasteiger charge is 2.19. The van der Waals surface area contributed by atoms with Crippen molar-refractivity contribution < 1.29 is 18.7 Å². The number of ether oxygens (including phenoxy) is 1. The van der Waals surface area contributed by atoms with Gasteiger partial charge in [-0.25, -0.2) is 4.39 Å². The molecule has 2 aromatic carbocycles. The number of aromatic nitrogens is 3. The molecule has 0 fully saturated rings. The molecule has 0 saturated heterocycles. The molecule has 3 rings (SSSR count). The minimum atomic E-state index is -0.557. The van der Waals surface area contributed by atoms with Crippen molar-refractivity contribution in [2.24, 2.45) is 7.05 Å². The average molecular weight is 478 g/mol. The van der Waals surface area contributed by atoms with Crippen LogP contribution in [0.4, 0.5) is 10.1 Å². The fraction of sp³-hybridized carbons (Fsp3) is 0.238. The smallest absolute Gasteiger partial charge is 0.251 e. The van der Waals surface area contributed by atoms with Crippen molar-refractivity contribution >= 4 is 40.9 Å². The lowest BCUT2D eigenvalue weighted by Gasteiger charge is -2.14. The third-order valence-electron chi connectivity index (χ3n) is 4.49. The van der Waals surface area contributed by atoms with E-state index in [0.29, 0.717) is 28.0 Å². The van der Waals surface area contributed by atoms with Crippen LogP contribution in [0, 0.1) is 5.82 Å². The monoisotopic (exact) mass is 477 g/mol. The third-order valence-corrected chi connectivity index (χ3v) is 5.80. The molecule has 8 nitrogen and oxygen atoms in total. The molecule has 1 atom stereocenters. The maximum atomic E-state index is 13.2. The molecule has 11 heteroatoms. The van der Waals surface area contributed by atoms with Crippen LogP contribution < -0.4 is 15.4 Å². The number of halogens is 2. The summed E-state index contributed by atoms with van der Waals surface area (Å²) in [5, 5.41) is 14.2. The predicted octanol–water partition coefficient (Wildman–Crippen LogP) is 3.84. The second kappa shape index (κ2) is 10.5. The second-order valence-electron chi connectivity index (χ2n) is 6.79. The number of hydrogen-bond acceptors (Lipinski definition) is 6. The van der Waals surface area contributed by atoms with Gasteiger partial charge in [-0.2, -0.15) is 0 Å². The minimum absolute atomic E-state index is 0.0631. The third kappa shape index (κ3) is 5.77. The Labute approximate surface area is 193 Å². The molecule has 0 saturated carbocycles. The first-order valence-electron chi connectivity index (χ1n) is 9.50. The maximum absolute atomic E-state index is 13.2. The average Bonchev–Trinajstić information content (AvgIpc) is 3.15. The van der Waals surface area contributed by atoms with Gasteiger partial charge in [-0.05, 0) is 49.4 Å². The minimum Gasteiger partial charge on any atom is -0.497 e. The number of nitrogens with zero attached hydrogens (tertiary/aromatic N) is 3. The number of thioether (sulfide) groups is 1. The molecule has 0 aliphatic rings. The lowest BCUT2D eigenvalue weighted by Crippen LogP contribution is -2.28. The Hall–Kier alpha value is -3.11. The molecule has 0 spiro atoms. The molecule has 168 valence electrons. The van der Waals surface area contributed by atoms with E-state index in [9.17, 15) is 14.0 Å². The molecule has 1 aromatic heterocycles. The van der Waals surface area contributed by atoms with E-state index in [1.54, 1.807) is 49.9 Å². The molecule has 0 aliphatic carbocycles. The first kappa shape index (κ1) is 23.6. The predicted molar refractivity (Wildman–Crippen MR) is 121 cm³/mol. The van der Waals surface area contributed by atoms with Crippen LogP contribution in [0.3, 0.4) is 0 Å². The zero-order valence-electron chi connectivity index (χ0n) is 17.6. The van der Waals surface area contributed by atoms with E-state index in [1.807, 2.05) is 0 Å². The highest BCUT2D eigenvalue weighted by molar-refractivity contribution is 7.99. The summed E-state index contributed by atoms with van der Waals surface area (Å²) in [5.74, 6) is 0.154. The molecular formula is C21H21ClFN5O3S. The molecule has 2 amide bonds. The van der Waals surface area contributed by atoms with E-state index in [4.69, 9.17) is 16.3 Å². The number of methoxy groups -OCH3 is 1. The summed E-state index contributed by atoms with van der Waals surface area (Å²) in [6.45, 7) is 1.80.